The fraction of sp³-hybridized carbons (Fsp3) is 0. The molecule has 0 aromatic heterocycles. The number of benzene rings is 1. The van der Waals surface area contributed by atoms with Crippen LogP contribution in [-0.4, -0.2) is 29.1 Å². The first kappa shape index (κ1) is 13.2. The second kappa shape index (κ2) is 5.00. The van der Waals surface area contributed by atoms with E-state index < -0.39 is 10.4 Å². The van der Waals surface area contributed by atoms with E-state index in [1.54, 1.807) is 24.3 Å². The minimum Gasteiger partial charge on any atom is -0.289 e. The van der Waals surface area contributed by atoms with E-state index >= 15 is 0 Å². The van der Waals surface area contributed by atoms with Crippen LogP contribution in [0.1, 0.15) is 20.7 Å². The van der Waals surface area contributed by atoms with Crippen molar-refractivity contribution in [3.8, 4) is 0 Å². The van der Waals surface area contributed by atoms with E-state index in [9.17, 15) is 9.59 Å². The molecule has 7 heteroatoms. The van der Waals surface area contributed by atoms with Crippen LogP contribution in [-0.2, 0) is 10.4 Å². The lowest BCUT2D eigenvalue weighted by Gasteiger charge is -2.06. The maximum atomic E-state index is 11.2. The van der Waals surface area contributed by atoms with Crippen LogP contribution in [0.2, 0.25) is 0 Å². The minimum absolute atomic E-state index is 0.0924. The summed E-state index contributed by atoms with van der Waals surface area (Å²) >= 11 is 0. The van der Waals surface area contributed by atoms with Crippen LogP contribution in [0.3, 0.4) is 0 Å². The molecular formula is C10H8O6S. The summed E-state index contributed by atoms with van der Waals surface area (Å²) in [6, 6.07) is 6.84. The number of fused-ring (bicyclic) bond motifs is 1. The van der Waals surface area contributed by atoms with Crippen molar-refractivity contribution in [2.45, 2.75) is 0 Å². The van der Waals surface area contributed by atoms with Gasteiger partial charge in [0.15, 0.2) is 11.6 Å². The molecule has 17 heavy (non-hydrogen) atoms. The second-order valence-corrected chi connectivity index (χ2v) is 3.95. The molecule has 2 N–H and O–H groups in total. The molecule has 90 valence electrons. The molecular weight excluding hydrogens is 248 g/mol. The SMILES string of the molecule is O=C1C=CC(=O)c2ccccc21.O=S(=O)(O)O. The van der Waals surface area contributed by atoms with Crippen molar-refractivity contribution in [1.29, 1.82) is 0 Å². The van der Waals surface area contributed by atoms with Crippen LogP contribution < -0.4 is 0 Å². The summed E-state index contributed by atoms with van der Waals surface area (Å²) in [6.45, 7) is 0. The molecule has 0 heterocycles. The standard InChI is InChI=1S/C10H6O2.H2O4S/c11-9-5-6-10(12)8-4-2-1-3-7(8)9;1-5(2,3)4/h1-6H;(H2,1,2,3,4). The van der Waals surface area contributed by atoms with Gasteiger partial charge in [-0.3, -0.25) is 18.7 Å². The first-order valence-electron chi connectivity index (χ1n) is 4.34. The van der Waals surface area contributed by atoms with Crippen molar-refractivity contribution in [2.24, 2.45) is 0 Å². The molecule has 0 saturated heterocycles. The van der Waals surface area contributed by atoms with Crippen molar-refractivity contribution in [3.63, 3.8) is 0 Å². The summed E-state index contributed by atoms with van der Waals surface area (Å²) in [7, 11) is -4.67. The predicted molar refractivity (Wildman–Crippen MR) is 58.4 cm³/mol. The van der Waals surface area contributed by atoms with Crippen LogP contribution in [0.5, 0.6) is 0 Å². The van der Waals surface area contributed by atoms with Crippen LogP contribution in [0, 0.1) is 0 Å². The van der Waals surface area contributed by atoms with Gasteiger partial charge in [0, 0.05) is 11.1 Å². The lowest BCUT2D eigenvalue weighted by molar-refractivity contribution is 0.0994. The fourth-order valence-corrected chi connectivity index (χ4v) is 1.24. The Morgan fingerprint density at radius 3 is 1.41 bits per heavy atom. The number of hydrogen-bond donors (Lipinski definition) is 2. The van der Waals surface area contributed by atoms with Crippen LogP contribution in [0.4, 0.5) is 0 Å². The molecule has 0 fully saturated rings. The number of hydrogen-bond acceptors (Lipinski definition) is 4. The van der Waals surface area contributed by atoms with Crippen molar-refractivity contribution in [1.82, 2.24) is 0 Å². The third kappa shape index (κ3) is 4.27. The molecule has 0 bridgehead atoms. The minimum atomic E-state index is -4.67. The van der Waals surface area contributed by atoms with Gasteiger partial charge in [0.25, 0.3) is 0 Å². The largest absolute Gasteiger partial charge is 0.394 e. The zero-order valence-corrected chi connectivity index (χ0v) is 9.22. The van der Waals surface area contributed by atoms with Gasteiger partial charge in [-0.25, -0.2) is 0 Å². The maximum Gasteiger partial charge on any atom is 0.394 e. The van der Waals surface area contributed by atoms with E-state index in [1.165, 1.54) is 12.2 Å². The predicted octanol–water partition coefficient (Wildman–Crippen LogP) is 0.969. The molecule has 0 aliphatic heterocycles. The first-order valence-corrected chi connectivity index (χ1v) is 5.74. The number of carbonyl (C=O) groups is 2. The van der Waals surface area contributed by atoms with E-state index in [0.29, 0.717) is 11.1 Å². The van der Waals surface area contributed by atoms with Gasteiger partial charge in [0.2, 0.25) is 0 Å². The average Bonchev–Trinajstić information content (AvgIpc) is 2.22. The van der Waals surface area contributed by atoms with E-state index in [2.05, 4.69) is 0 Å². The Kier molecular flexibility index (Phi) is 3.89. The monoisotopic (exact) mass is 256 g/mol. The third-order valence-electron chi connectivity index (χ3n) is 1.84. The number of allylic oxidation sites excluding steroid dienone is 2. The molecule has 2 rings (SSSR count). The molecule has 0 atom stereocenters. The van der Waals surface area contributed by atoms with E-state index in [0.717, 1.165) is 0 Å². The summed E-state index contributed by atoms with van der Waals surface area (Å²) in [4.78, 5) is 22.4. The van der Waals surface area contributed by atoms with Crippen molar-refractivity contribution < 1.29 is 27.1 Å². The molecule has 0 radical (unpaired) electrons. The summed E-state index contributed by atoms with van der Waals surface area (Å²) in [5, 5.41) is 0. The number of carbonyl (C=O) groups excluding carboxylic acids is 2. The molecule has 1 aliphatic carbocycles. The van der Waals surface area contributed by atoms with Crippen LogP contribution in [0.25, 0.3) is 0 Å². The summed E-state index contributed by atoms with van der Waals surface area (Å²) in [5.41, 5.74) is 1.01. The van der Waals surface area contributed by atoms with Gasteiger partial charge in [-0.15, -0.1) is 0 Å². The number of ketones is 2. The Morgan fingerprint density at radius 2 is 1.12 bits per heavy atom. The van der Waals surface area contributed by atoms with Gasteiger partial charge in [0.05, 0.1) is 0 Å². The first-order chi connectivity index (χ1) is 7.79. The Balaban J connectivity index is 0.000000249. The highest BCUT2D eigenvalue weighted by Crippen LogP contribution is 2.15. The maximum absolute atomic E-state index is 11.2. The molecule has 1 aromatic carbocycles. The number of rotatable bonds is 0. The Labute approximate surface area is 97.2 Å². The fourth-order valence-electron chi connectivity index (χ4n) is 1.24. The average molecular weight is 256 g/mol. The molecule has 1 aromatic rings. The van der Waals surface area contributed by atoms with Crippen molar-refractivity contribution >= 4 is 22.0 Å². The molecule has 0 saturated carbocycles. The summed E-state index contributed by atoms with van der Waals surface area (Å²) in [5.74, 6) is -0.185. The summed E-state index contributed by atoms with van der Waals surface area (Å²) < 4.78 is 31.6. The van der Waals surface area contributed by atoms with Gasteiger partial charge in [-0.2, -0.15) is 8.42 Å². The van der Waals surface area contributed by atoms with E-state index in [-0.39, 0.29) is 11.6 Å². The zero-order chi connectivity index (χ0) is 13.1. The van der Waals surface area contributed by atoms with E-state index in [1.807, 2.05) is 0 Å². The van der Waals surface area contributed by atoms with Crippen molar-refractivity contribution in [2.75, 3.05) is 0 Å². The molecule has 1 aliphatic rings. The second-order valence-electron chi connectivity index (χ2n) is 3.06. The van der Waals surface area contributed by atoms with Gasteiger partial charge < -0.3 is 0 Å². The molecule has 0 unspecified atom stereocenters. The Bertz CT molecular complexity index is 540. The van der Waals surface area contributed by atoms with Gasteiger partial charge in [-0.05, 0) is 12.2 Å². The Hall–Kier alpha value is -1.83. The normalized spacial score (nSPS) is 13.8. The van der Waals surface area contributed by atoms with Crippen LogP contribution >= 0.6 is 0 Å². The van der Waals surface area contributed by atoms with Gasteiger partial charge in [-0.1, -0.05) is 24.3 Å². The summed E-state index contributed by atoms with van der Waals surface area (Å²) in [6.07, 6.45) is 2.62. The highest BCUT2D eigenvalue weighted by molar-refractivity contribution is 7.79. The lowest BCUT2D eigenvalue weighted by atomic mass is 9.95. The highest BCUT2D eigenvalue weighted by atomic mass is 32.3. The topological polar surface area (TPSA) is 109 Å². The van der Waals surface area contributed by atoms with E-state index in [4.69, 9.17) is 17.5 Å². The highest BCUT2D eigenvalue weighted by Gasteiger charge is 2.16. The molecule has 0 amide bonds. The zero-order valence-electron chi connectivity index (χ0n) is 8.40. The van der Waals surface area contributed by atoms with Gasteiger partial charge >= 0.3 is 10.4 Å². The van der Waals surface area contributed by atoms with Crippen LogP contribution in [0.15, 0.2) is 36.4 Å². The smallest absolute Gasteiger partial charge is 0.289 e. The van der Waals surface area contributed by atoms with Gasteiger partial charge in [0.1, 0.15) is 0 Å². The lowest BCUT2D eigenvalue weighted by Crippen LogP contribution is -2.10. The quantitative estimate of drug-likeness (QED) is 0.669. The third-order valence-corrected chi connectivity index (χ3v) is 1.84. The van der Waals surface area contributed by atoms with Crippen molar-refractivity contribution in [3.05, 3.63) is 47.5 Å². The molecule has 6 nitrogen and oxygen atoms in total. The Morgan fingerprint density at radius 1 is 0.824 bits per heavy atom. The molecule has 0 spiro atoms.